The number of thiophene rings is 1. The van der Waals surface area contributed by atoms with Crippen LogP contribution in [0.15, 0.2) is 58.2 Å². The standard InChI is InChI=1S/C24H21N3O4S/c1-3-5-14-10-15(30-2)8-9-17(14)22-26-23-20(18-6-4-7-19(28)21(18)32-23)24(29)27(22)12-16-11-25-13-31-16/h4,6-11,13,28H,3,5,12H2,1-2H3. The molecule has 0 aliphatic heterocycles. The van der Waals surface area contributed by atoms with Gasteiger partial charge in [-0.1, -0.05) is 25.5 Å². The molecular formula is C24H21N3O4S. The molecule has 7 nitrogen and oxygen atoms in total. The summed E-state index contributed by atoms with van der Waals surface area (Å²) < 4.78 is 13.1. The fraction of sp³-hybridized carbons (Fsp3) is 0.208. The number of fused-ring (bicyclic) bond motifs is 3. The summed E-state index contributed by atoms with van der Waals surface area (Å²) in [7, 11) is 1.64. The van der Waals surface area contributed by atoms with Gasteiger partial charge in [0.25, 0.3) is 5.56 Å². The largest absolute Gasteiger partial charge is 0.506 e. The summed E-state index contributed by atoms with van der Waals surface area (Å²) in [4.78, 5) is 23.3. The van der Waals surface area contributed by atoms with Crippen LogP contribution in [-0.4, -0.2) is 26.8 Å². The summed E-state index contributed by atoms with van der Waals surface area (Å²) >= 11 is 1.32. The van der Waals surface area contributed by atoms with Crippen LogP contribution in [0.25, 0.3) is 31.7 Å². The third-order valence-corrected chi connectivity index (χ3v) is 6.59. The second-order valence-electron chi connectivity index (χ2n) is 7.50. The quantitative estimate of drug-likeness (QED) is 0.395. The van der Waals surface area contributed by atoms with Crippen LogP contribution < -0.4 is 10.3 Å². The van der Waals surface area contributed by atoms with E-state index in [0.717, 1.165) is 29.7 Å². The van der Waals surface area contributed by atoms with Crippen LogP contribution in [0.2, 0.25) is 0 Å². The predicted molar refractivity (Wildman–Crippen MR) is 125 cm³/mol. The molecule has 5 rings (SSSR count). The Kier molecular flexibility index (Phi) is 5.14. The number of phenolic OH excluding ortho intramolecular Hbond substituents is 1. The molecule has 32 heavy (non-hydrogen) atoms. The molecule has 0 amide bonds. The van der Waals surface area contributed by atoms with E-state index in [4.69, 9.17) is 14.1 Å². The molecule has 0 radical (unpaired) electrons. The van der Waals surface area contributed by atoms with E-state index in [1.54, 1.807) is 30.0 Å². The summed E-state index contributed by atoms with van der Waals surface area (Å²) in [6.45, 7) is 2.31. The molecule has 5 aromatic rings. The number of methoxy groups -OCH3 is 1. The molecule has 2 aromatic carbocycles. The fourth-order valence-electron chi connectivity index (χ4n) is 3.98. The van der Waals surface area contributed by atoms with Crippen molar-refractivity contribution in [3.8, 4) is 22.9 Å². The van der Waals surface area contributed by atoms with Crippen molar-refractivity contribution < 1.29 is 14.3 Å². The Morgan fingerprint density at radius 2 is 2.12 bits per heavy atom. The Labute approximate surface area is 187 Å². The van der Waals surface area contributed by atoms with Gasteiger partial charge in [-0.05, 0) is 36.2 Å². The van der Waals surface area contributed by atoms with E-state index in [-0.39, 0.29) is 17.9 Å². The smallest absolute Gasteiger partial charge is 0.263 e. The lowest BCUT2D eigenvalue weighted by Crippen LogP contribution is -2.24. The van der Waals surface area contributed by atoms with Gasteiger partial charge in [0.1, 0.15) is 27.9 Å². The molecule has 8 heteroatoms. The van der Waals surface area contributed by atoms with E-state index < -0.39 is 0 Å². The Balaban J connectivity index is 1.84. The average molecular weight is 448 g/mol. The minimum Gasteiger partial charge on any atom is -0.506 e. The number of aryl methyl sites for hydroxylation is 1. The van der Waals surface area contributed by atoms with Crippen molar-refractivity contribution in [2.45, 2.75) is 26.3 Å². The zero-order chi connectivity index (χ0) is 22.2. The van der Waals surface area contributed by atoms with Gasteiger partial charge in [0.15, 0.2) is 6.39 Å². The van der Waals surface area contributed by atoms with E-state index in [1.165, 1.54) is 17.7 Å². The third-order valence-electron chi connectivity index (χ3n) is 5.47. The van der Waals surface area contributed by atoms with E-state index in [9.17, 15) is 9.90 Å². The van der Waals surface area contributed by atoms with E-state index in [1.807, 2.05) is 24.3 Å². The van der Waals surface area contributed by atoms with Gasteiger partial charge in [0.2, 0.25) is 0 Å². The predicted octanol–water partition coefficient (Wildman–Crippen LogP) is 4.98. The van der Waals surface area contributed by atoms with Crippen LogP contribution in [0.1, 0.15) is 24.7 Å². The van der Waals surface area contributed by atoms with Crippen LogP contribution >= 0.6 is 11.3 Å². The molecular weight excluding hydrogens is 426 g/mol. The van der Waals surface area contributed by atoms with Gasteiger partial charge in [0, 0.05) is 10.9 Å². The fourth-order valence-corrected chi connectivity index (χ4v) is 5.06. The zero-order valence-corrected chi connectivity index (χ0v) is 18.5. The molecule has 0 unspecified atom stereocenters. The van der Waals surface area contributed by atoms with Gasteiger partial charge in [-0.2, -0.15) is 0 Å². The van der Waals surface area contributed by atoms with Crippen molar-refractivity contribution >= 4 is 31.6 Å². The molecule has 162 valence electrons. The number of aromatic hydroxyl groups is 1. The molecule has 0 saturated carbocycles. The van der Waals surface area contributed by atoms with E-state index in [2.05, 4.69) is 11.9 Å². The first-order chi connectivity index (χ1) is 15.6. The third kappa shape index (κ3) is 3.33. The topological polar surface area (TPSA) is 90.4 Å². The lowest BCUT2D eigenvalue weighted by molar-refractivity contribution is 0.414. The highest BCUT2D eigenvalue weighted by atomic mass is 32.1. The molecule has 0 aliphatic rings. The van der Waals surface area contributed by atoms with Gasteiger partial charge in [0.05, 0.1) is 29.9 Å². The molecule has 3 aromatic heterocycles. The summed E-state index contributed by atoms with van der Waals surface area (Å²) in [6, 6.07) is 11.0. The number of oxazole rings is 1. The van der Waals surface area contributed by atoms with E-state index in [0.29, 0.717) is 31.9 Å². The molecule has 1 N–H and O–H groups in total. The van der Waals surface area contributed by atoms with Crippen molar-refractivity contribution in [2.75, 3.05) is 7.11 Å². The summed E-state index contributed by atoms with van der Waals surface area (Å²) in [5.41, 5.74) is 1.73. The number of rotatable bonds is 6. The van der Waals surface area contributed by atoms with Gasteiger partial charge in [-0.15, -0.1) is 11.3 Å². The van der Waals surface area contributed by atoms with Crippen molar-refractivity contribution in [3.63, 3.8) is 0 Å². The maximum absolute atomic E-state index is 13.8. The maximum Gasteiger partial charge on any atom is 0.263 e. The van der Waals surface area contributed by atoms with Crippen molar-refractivity contribution in [3.05, 3.63) is 70.7 Å². The summed E-state index contributed by atoms with van der Waals surface area (Å²) in [6.07, 6.45) is 4.69. The molecule has 0 saturated heterocycles. The van der Waals surface area contributed by atoms with Gasteiger partial charge in [-0.25, -0.2) is 9.97 Å². The van der Waals surface area contributed by atoms with Crippen LogP contribution in [0, 0.1) is 0 Å². The number of nitrogens with zero attached hydrogens (tertiary/aromatic N) is 3. The van der Waals surface area contributed by atoms with Crippen LogP contribution in [0.3, 0.4) is 0 Å². The first-order valence-electron chi connectivity index (χ1n) is 10.3. The molecule has 0 aliphatic carbocycles. The number of phenols is 1. The number of benzene rings is 2. The molecule has 0 atom stereocenters. The minimum atomic E-state index is -0.184. The molecule has 0 spiro atoms. The van der Waals surface area contributed by atoms with Crippen LogP contribution in [0.4, 0.5) is 0 Å². The Hall–Kier alpha value is -3.65. The second kappa shape index (κ2) is 8.12. The van der Waals surface area contributed by atoms with Gasteiger partial charge >= 0.3 is 0 Å². The summed E-state index contributed by atoms with van der Waals surface area (Å²) in [5, 5.41) is 11.5. The lowest BCUT2D eigenvalue weighted by Gasteiger charge is -2.15. The molecule has 0 bridgehead atoms. The Bertz CT molecular complexity index is 1490. The lowest BCUT2D eigenvalue weighted by atomic mass is 10.0. The van der Waals surface area contributed by atoms with Gasteiger partial charge in [-0.3, -0.25) is 9.36 Å². The van der Waals surface area contributed by atoms with Crippen LogP contribution in [0.5, 0.6) is 11.5 Å². The first kappa shape index (κ1) is 20.3. The highest BCUT2D eigenvalue weighted by Crippen LogP contribution is 2.38. The van der Waals surface area contributed by atoms with Crippen LogP contribution in [-0.2, 0) is 13.0 Å². The van der Waals surface area contributed by atoms with Crippen molar-refractivity contribution in [2.24, 2.45) is 0 Å². The van der Waals surface area contributed by atoms with Crippen molar-refractivity contribution in [1.29, 1.82) is 0 Å². The Morgan fingerprint density at radius 3 is 2.88 bits per heavy atom. The van der Waals surface area contributed by atoms with Gasteiger partial charge < -0.3 is 14.3 Å². The zero-order valence-electron chi connectivity index (χ0n) is 17.7. The average Bonchev–Trinajstić information content (AvgIpc) is 3.44. The SMILES string of the molecule is CCCc1cc(OC)ccc1-c1nc2sc3c(O)cccc3c2c(=O)n1Cc1cnco1. The number of ether oxygens (including phenoxy) is 1. The normalized spacial score (nSPS) is 11.4. The minimum absolute atomic E-state index is 0.143. The highest BCUT2D eigenvalue weighted by molar-refractivity contribution is 7.25. The highest BCUT2D eigenvalue weighted by Gasteiger charge is 2.21. The van der Waals surface area contributed by atoms with Crippen molar-refractivity contribution in [1.82, 2.24) is 14.5 Å². The maximum atomic E-state index is 13.8. The monoisotopic (exact) mass is 447 g/mol. The number of hydrogen-bond donors (Lipinski definition) is 1. The number of aromatic nitrogens is 3. The van der Waals surface area contributed by atoms with E-state index >= 15 is 0 Å². The first-order valence-corrected chi connectivity index (χ1v) is 11.1. The second-order valence-corrected chi connectivity index (χ2v) is 8.50. The Morgan fingerprint density at radius 1 is 1.25 bits per heavy atom. The number of hydrogen-bond acceptors (Lipinski definition) is 7. The molecule has 3 heterocycles. The summed E-state index contributed by atoms with van der Waals surface area (Å²) in [5.74, 6) is 2.01. The molecule has 0 fully saturated rings.